The first-order chi connectivity index (χ1) is 12.0. The Morgan fingerprint density at radius 1 is 1.48 bits per heavy atom. The fourth-order valence-electron chi connectivity index (χ4n) is 2.23. The minimum Gasteiger partial charge on any atom is -0.481 e. The number of rotatable bonds is 7. The van der Waals surface area contributed by atoms with Gasteiger partial charge in [0.25, 0.3) is 0 Å². The van der Waals surface area contributed by atoms with Crippen LogP contribution in [0.1, 0.15) is 12.0 Å². The predicted molar refractivity (Wildman–Crippen MR) is 98.2 cm³/mol. The van der Waals surface area contributed by atoms with E-state index in [1.807, 2.05) is 12.2 Å². The molecule has 1 aromatic carbocycles. The second-order valence-corrected chi connectivity index (χ2v) is 5.31. The quantitative estimate of drug-likeness (QED) is 0.283. The van der Waals surface area contributed by atoms with Crippen LogP contribution >= 0.6 is 0 Å². The van der Waals surface area contributed by atoms with Crippen molar-refractivity contribution < 1.29 is 14.7 Å². The molecule has 0 spiro atoms. The van der Waals surface area contributed by atoms with Crippen LogP contribution in [0, 0.1) is 11.3 Å². The van der Waals surface area contributed by atoms with Gasteiger partial charge in [0.1, 0.15) is 5.84 Å². The normalized spacial score (nSPS) is 16.3. The number of nitrogens with two attached hydrogens (primary N) is 1. The van der Waals surface area contributed by atoms with Crippen molar-refractivity contribution in [1.82, 2.24) is 5.32 Å². The van der Waals surface area contributed by atoms with E-state index in [9.17, 15) is 9.59 Å². The van der Waals surface area contributed by atoms with Crippen LogP contribution in [-0.4, -0.2) is 49.2 Å². The molecule has 8 nitrogen and oxygen atoms in total. The third-order valence-corrected chi connectivity index (χ3v) is 3.57. The predicted octanol–water partition coefficient (Wildman–Crippen LogP) is 0.845. The van der Waals surface area contributed by atoms with Gasteiger partial charge < -0.3 is 21.5 Å². The first-order valence-corrected chi connectivity index (χ1v) is 7.68. The minimum atomic E-state index is -0.776. The Morgan fingerprint density at radius 3 is 2.60 bits per heavy atom. The number of hydrogen-bond acceptors (Lipinski definition) is 5. The van der Waals surface area contributed by atoms with Crippen LogP contribution in [0.4, 0.5) is 5.69 Å². The number of benzene rings is 1. The molecule has 2 unspecified atom stereocenters. The summed E-state index contributed by atoms with van der Waals surface area (Å²) < 4.78 is 0. The number of anilines is 1. The molecule has 1 heterocycles. The molecule has 1 aliphatic rings. The zero-order valence-electron chi connectivity index (χ0n) is 14.0. The number of carboxylic acid groups (broad SMARTS) is 1. The highest BCUT2D eigenvalue weighted by Gasteiger charge is 2.20. The van der Waals surface area contributed by atoms with Gasteiger partial charge in [-0.2, -0.15) is 0 Å². The summed E-state index contributed by atoms with van der Waals surface area (Å²) in [5.41, 5.74) is 6.57. The average Bonchev–Trinajstić information content (AvgIpc) is 2.61. The van der Waals surface area contributed by atoms with Crippen LogP contribution in [0.25, 0.3) is 0 Å². The van der Waals surface area contributed by atoms with Crippen molar-refractivity contribution in [2.24, 2.45) is 16.6 Å². The minimum absolute atomic E-state index is 0.0210. The number of nitrogens with zero attached hydrogens (tertiary/aromatic N) is 1. The molecule has 134 valence electrons. The lowest BCUT2D eigenvalue weighted by Crippen LogP contribution is -2.36. The third kappa shape index (κ3) is 7.40. The number of nitrogen functional groups attached to an aromatic ring is 1. The van der Waals surface area contributed by atoms with Crippen molar-refractivity contribution in [2.45, 2.75) is 12.5 Å². The fraction of sp³-hybridized carbons (Fsp3) is 0.294. The summed E-state index contributed by atoms with van der Waals surface area (Å²) in [6.07, 6.45) is 6.34. The zero-order chi connectivity index (χ0) is 18.7. The van der Waals surface area contributed by atoms with Gasteiger partial charge in [-0.15, -0.1) is 0 Å². The topological polar surface area (TPSA) is 141 Å². The smallest absolute Gasteiger partial charge is 0.304 e. The number of dihydropyridines is 1. The molecule has 8 heteroatoms. The number of allylic oxidation sites excluding steroid dienone is 1. The number of aliphatic imine (C=N–C) groups is 1. The maximum atomic E-state index is 10.5. The van der Waals surface area contributed by atoms with E-state index in [2.05, 4.69) is 15.6 Å². The van der Waals surface area contributed by atoms with Gasteiger partial charge in [0, 0.05) is 36.0 Å². The monoisotopic (exact) mass is 345 g/mol. The van der Waals surface area contributed by atoms with E-state index < -0.39 is 5.97 Å². The van der Waals surface area contributed by atoms with E-state index in [0.29, 0.717) is 24.2 Å². The maximum Gasteiger partial charge on any atom is 0.304 e. The summed E-state index contributed by atoms with van der Waals surface area (Å²) >= 11 is 0. The molecule has 1 aromatic rings. The molecule has 2 rings (SSSR count). The molecule has 1 aliphatic heterocycles. The average molecular weight is 345 g/mol. The van der Waals surface area contributed by atoms with Gasteiger partial charge in [0.15, 0.2) is 0 Å². The summed E-state index contributed by atoms with van der Waals surface area (Å²) in [5.74, 6) is -0.555. The molecule has 1 amide bonds. The van der Waals surface area contributed by atoms with Crippen LogP contribution in [0.15, 0.2) is 41.4 Å². The fourth-order valence-corrected chi connectivity index (χ4v) is 2.23. The van der Waals surface area contributed by atoms with Gasteiger partial charge in [-0.1, -0.05) is 6.08 Å². The van der Waals surface area contributed by atoms with Crippen LogP contribution in [-0.2, 0) is 9.59 Å². The van der Waals surface area contributed by atoms with Crippen LogP contribution in [0.2, 0.25) is 0 Å². The van der Waals surface area contributed by atoms with Crippen LogP contribution in [0.5, 0.6) is 0 Å². The Kier molecular flexibility index (Phi) is 8.59. The number of hydrogen-bond donors (Lipinski definition) is 5. The number of carbonyl (C=O) groups is 2. The highest BCUT2D eigenvalue weighted by atomic mass is 16.4. The molecule has 0 saturated carbocycles. The molecule has 0 bridgehead atoms. The van der Waals surface area contributed by atoms with Crippen molar-refractivity contribution in [3.05, 3.63) is 42.0 Å². The molecular formula is C17H23N5O3. The first kappa shape index (κ1) is 20.0. The second kappa shape index (κ2) is 10.7. The lowest BCUT2D eigenvalue weighted by Gasteiger charge is -2.22. The summed E-state index contributed by atoms with van der Waals surface area (Å²) in [7, 11) is 1.78. The van der Waals surface area contributed by atoms with E-state index in [1.165, 1.54) is 0 Å². The number of nitrogens with one attached hydrogen (secondary N) is 3. The van der Waals surface area contributed by atoms with Crippen molar-refractivity contribution in [2.75, 3.05) is 18.9 Å². The Morgan fingerprint density at radius 2 is 2.16 bits per heavy atom. The molecule has 0 saturated heterocycles. The standard InChI is InChI=1S/C9H14N2O2.C8H9N3O/c1-10-8(5-9(12)13)7-3-2-4-11-6-7;9-8(10)6-1-3-7(4-2-6)11-5-12/h2-4,7-8,10H,5-6H2,1H3,(H,12,13);1-5H,(H3,9,10)(H,11,12). The van der Waals surface area contributed by atoms with Crippen LogP contribution < -0.4 is 16.4 Å². The van der Waals surface area contributed by atoms with Gasteiger partial charge >= 0.3 is 5.97 Å². The van der Waals surface area contributed by atoms with E-state index in [1.54, 1.807) is 37.5 Å². The van der Waals surface area contributed by atoms with Crippen LogP contribution in [0.3, 0.4) is 0 Å². The zero-order valence-corrected chi connectivity index (χ0v) is 14.0. The van der Waals surface area contributed by atoms with E-state index >= 15 is 0 Å². The molecule has 0 fully saturated rings. The van der Waals surface area contributed by atoms with Gasteiger partial charge in [-0.05, 0) is 37.4 Å². The van der Waals surface area contributed by atoms with Crippen molar-refractivity contribution in [3.63, 3.8) is 0 Å². The molecule has 2 atom stereocenters. The number of amidine groups is 1. The summed E-state index contributed by atoms with van der Waals surface area (Å²) in [6.45, 7) is 0.676. The number of carboxylic acids is 1. The lowest BCUT2D eigenvalue weighted by molar-refractivity contribution is -0.137. The Bertz CT molecular complexity index is 640. The van der Waals surface area contributed by atoms with E-state index in [0.717, 1.165) is 0 Å². The molecular weight excluding hydrogens is 322 g/mol. The van der Waals surface area contributed by atoms with Gasteiger partial charge in [-0.3, -0.25) is 20.0 Å². The summed E-state index contributed by atoms with van der Waals surface area (Å²) in [5, 5.41) is 21.2. The largest absolute Gasteiger partial charge is 0.481 e. The molecule has 25 heavy (non-hydrogen) atoms. The molecule has 0 radical (unpaired) electrons. The molecule has 0 aliphatic carbocycles. The number of aliphatic carboxylic acids is 1. The Balaban J connectivity index is 0.000000251. The molecule has 6 N–H and O–H groups in total. The first-order valence-electron chi connectivity index (χ1n) is 7.68. The van der Waals surface area contributed by atoms with Crippen molar-refractivity contribution in [1.29, 1.82) is 5.41 Å². The summed E-state index contributed by atoms with van der Waals surface area (Å²) in [6, 6.07) is 6.70. The second-order valence-electron chi connectivity index (χ2n) is 5.31. The van der Waals surface area contributed by atoms with Crippen molar-refractivity contribution >= 4 is 30.1 Å². The summed E-state index contributed by atoms with van der Waals surface area (Å²) in [4.78, 5) is 24.6. The SMILES string of the molecule is CNC(CC(=O)O)C1C=CC=NC1.N=C(N)c1ccc(NC=O)cc1. The van der Waals surface area contributed by atoms with Gasteiger partial charge in [-0.25, -0.2) is 0 Å². The van der Waals surface area contributed by atoms with E-state index in [4.69, 9.17) is 16.2 Å². The highest BCUT2D eigenvalue weighted by molar-refractivity contribution is 5.95. The maximum absolute atomic E-state index is 10.5. The third-order valence-electron chi connectivity index (χ3n) is 3.57. The van der Waals surface area contributed by atoms with E-state index in [-0.39, 0.29) is 24.2 Å². The Hall–Kier alpha value is -3.00. The number of carbonyl (C=O) groups excluding carboxylic acids is 1. The van der Waals surface area contributed by atoms with Gasteiger partial charge in [0.05, 0.1) is 6.42 Å². The lowest BCUT2D eigenvalue weighted by atomic mass is 9.95. The Labute approximate surface area is 146 Å². The molecule has 0 aromatic heterocycles. The highest BCUT2D eigenvalue weighted by Crippen LogP contribution is 2.12. The van der Waals surface area contributed by atoms with Crippen molar-refractivity contribution in [3.8, 4) is 0 Å². The number of amides is 1. The van der Waals surface area contributed by atoms with Gasteiger partial charge in [0.2, 0.25) is 6.41 Å².